The molecule has 0 aliphatic carbocycles. The molecule has 2 N–H and O–H groups in total. The molecule has 2 atom stereocenters. The lowest BCUT2D eigenvalue weighted by atomic mass is 10.2. The van der Waals surface area contributed by atoms with E-state index in [0.29, 0.717) is 19.7 Å². The molecule has 100 valence electrons. The number of aliphatic hydroxyl groups excluding tert-OH is 1. The molecule has 1 amide bonds. The van der Waals surface area contributed by atoms with Crippen molar-refractivity contribution in [3.63, 3.8) is 0 Å². The van der Waals surface area contributed by atoms with Gasteiger partial charge in [0, 0.05) is 32.8 Å². The second-order valence-electron chi connectivity index (χ2n) is 4.45. The fourth-order valence-electron chi connectivity index (χ4n) is 1.96. The first-order chi connectivity index (χ1) is 8.15. The molecule has 5 heteroatoms. The molecule has 17 heavy (non-hydrogen) atoms. The largest absolute Gasteiger partial charge is 0.392 e. The Morgan fingerprint density at radius 1 is 1.65 bits per heavy atom. The van der Waals surface area contributed by atoms with E-state index in [-0.39, 0.29) is 18.1 Å². The van der Waals surface area contributed by atoms with Gasteiger partial charge >= 0.3 is 0 Å². The molecule has 1 saturated heterocycles. The standard InChI is InChI=1S/C12H24N2O3/c1-3-17-8-4-6-13-12(16)10(2)14-7-5-11(15)9-14/h10-11,15H,3-9H2,1-2H3,(H,13,16)/t10?,11-/m0/s1. The van der Waals surface area contributed by atoms with Crippen LogP contribution in [0.5, 0.6) is 0 Å². The van der Waals surface area contributed by atoms with Crippen molar-refractivity contribution >= 4 is 5.91 Å². The minimum atomic E-state index is -0.275. The number of β-amino-alcohol motifs (C(OH)–C–C–N with tert-alkyl or cyclic N) is 1. The van der Waals surface area contributed by atoms with Crippen LogP contribution in [0.3, 0.4) is 0 Å². The normalized spacial score (nSPS) is 22.6. The summed E-state index contributed by atoms with van der Waals surface area (Å²) in [7, 11) is 0. The fourth-order valence-corrected chi connectivity index (χ4v) is 1.96. The average molecular weight is 244 g/mol. The third-order valence-corrected chi connectivity index (χ3v) is 3.09. The number of hydrogen-bond donors (Lipinski definition) is 2. The van der Waals surface area contributed by atoms with E-state index in [1.54, 1.807) is 0 Å². The van der Waals surface area contributed by atoms with Crippen LogP contribution in [0.25, 0.3) is 0 Å². The minimum Gasteiger partial charge on any atom is -0.392 e. The summed E-state index contributed by atoms with van der Waals surface area (Å²) in [5, 5.41) is 12.3. The molecule has 0 saturated carbocycles. The first-order valence-electron chi connectivity index (χ1n) is 6.42. The summed E-state index contributed by atoms with van der Waals surface area (Å²) in [5.74, 6) is 0.0376. The lowest BCUT2D eigenvalue weighted by Gasteiger charge is -2.22. The Hall–Kier alpha value is -0.650. The van der Waals surface area contributed by atoms with Crippen LogP contribution in [0.1, 0.15) is 26.7 Å². The molecule has 1 aliphatic rings. The van der Waals surface area contributed by atoms with Gasteiger partial charge in [-0.2, -0.15) is 0 Å². The van der Waals surface area contributed by atoms with Gasteiger partial charge in [-0.25, -0.2) is 0 Å². The number of carbonyl (C=O) groups excluding carboxylic acids is 1. The van der Waals surface area contributed by atoms with Gasteiger partial charge in [0.05, 0.1) is 12.1 Å². The van der Waals surface area contributed by atoms with Crippen molar-refractivity contribution in [2.45, 2.75) is 38.8 Å². The number of nitrogens with one attached hydrogen (secondary N) is 1. The van der Waals surface area contributed by atoms with Crippen molar-refractivity contribution in [2.75, 3.05) is 32.8 Å². The lowest BCUT2D eigenvalue weighted by molar-refractivity contribution is -0.125. The zero-order valence-corrected chi connectivity index (χ0v) is 10.8. The molecular weight excluding hydrogens is 220 g/mol. The predicted octanol–water partition coefficient (Wildman–Crippen LogP) is -0.0157. The smallest absolute Gasteiger partial charge is 0.237 e. The minimum absolute atomic E-state index is 0.0376. The summed E-state index contributed by atoms with van der Waals surface area (Å²) in [6.45, 7) is 7.31. The van der Waals surface area contributed by atoms with Gasteiger partial charge in [-0.05, 0) is 26.7 Å². The third-order valence-electron chi connectivity index (χ3n) is 3.09. The zero-order valence-electron chi connectivity index (χ0n) is 10.8. The Balaban J connectivity index is 2.14. The van der Waals surface area contributed by atoms with Crippen molar-refractivity contribution in [1.82, 2.24) is 10.2 Å². The molecule has 0 aromatic carbocycles. The molecule has 0 spiro atoms. The summed E-state index contributed by atoms with van der Waals surface area (Å²) in [5.41, 5.74) is 0. The topological polar surface area (TPSA) is 61.8 Å². The van der Waals surface area contributed by atoms with Gasteiger partial charge in [-0.1, -0.05) is 0 Å². The number of amides is 1. The fraction of sp³-hybridized carbons (Fsp3) is 0.917. The molecule has 1 rings (SSSR count). The van der Waals surface area contributed by atoms with E-state index in [0.717, 1.165) is 26.0 Å². The van der Waals surface area contributed by atoms with Crippen molar-refractivity contribution < 1.29 is 14.6 Å². The van der Waals surface area contributed by atoms with Crippen LogP contribution in [-0.4, -0.2) is 60.9 Å². The highest BCUT2D eigenvalue weighted by molar-refractivity contribution is 5.81. The Kier molecular flexibility index (Phi) is 6.47. The quantitative estimate of drug-likeness (QED) is 0.618. The monoisotopic (exact) mass is 244 g/mol. The number of rotatable bonds is 7. The van der Waals surface area contributed by atoms with E-state index >= 15 is 0 Å². The molecule has 1 unspecified atom stereocenters. The van der Waals surface area contributed by atoms with E-state index < -0.39 is 0 Å². The first kappa shape index (κ1) is 14.4. The number of carbonyl (C=O) groups is 1. The first-order valence-corrected chi connectivity index (χ1v) is 6.42. The molecule has 0 radical (unpaired) electrons. The third kappa shape index (κ3) is 5.02. The average Bonchev–Trinajstić information content (AvgIpc) is 2.74. The van der Waals surface area contributed by atoms with E-state index in [9.17, 15) is 9.90 Å². The van der Waals surface area contributed by atoms with Crippen molar-refractivity contribution in [3.05, 3.63) is 0 Å². The van der Waals surface area contributed by atoms with E-state index in [1.807, 2.05) is 18.7 Å². The lowest BCUT2D eigenvalue weighted by Crippen LogP contribution is -2.44. The van der Waals surface area contributed by atoms with Crippen molar-refractivity contribution in [2.24, 2.45) is 0 Å². The highest BCUT2D eigenvalue weighted by Gasteiger charge is 2.27. The molecule has 0 aromatic heterocycles. The highest BCUT2D eigenvalue weighted by atomic mass is 16.5. The van der Waals surface area contributed by atoms with Crippen LogP contribution < -0.4 is 5.32 Å². The highest BCUT2D eigenvalue weighted by Crippen LogP contribution is 2.12. The van der Waals surface area contributed by atoms with Gasteiger partial charge in [-0.3, -0.25) is 9.69 Å². The number of likely N-dealkylation sites (tertiary alicyclic amines) is 1. The van der Waals surface area contributed by atoms with Crippen LogP contribution in [0.15, 0.2) is 0 Å². The van der Waals surface area contributed by atoms with E-state index in [4.69, 9.17) is 4.74 Å². The van der Waals surface area contributed by atoms with Crippen molar-refractivity contribution in [3.8, 4) is 0 Å². The summed E-state index contributed by atoms with van der Waals surface area (Å²) in [4.78, 5) is 13.8. The predicted molar refractivity (Wildman–Crippen MR) is 65.8 cm³/mol. The van der Waals surface area contributed by atoms with E-state index in [2.05, 4.69) is 5.32 Å². The maximum Gasteiger partial charge on any atom is 0.237 e. The SMILES string of the molecule is CCOCCCNC(=O)C(C)N1CC[C@H](O)C1. The number of nitrogens with zero attached hydrogens (tertiary/aromatic N) is 1. The molecule has 5 nitrogen and oxygen atoms in total. The van der Waals surface area contributed by atoms with Crippen LogP contribution in [0.2, 0.25) is 0 Å². The van der Waals surface area contributed by atoms with Gasteiger partial charge in [0.25, 0.3) is 0 Å². The van der Waals surface area contributed by atoms with Gasteiger partial charge in [0.2, 0.25) is 5.91 Å². The summed E-state index contributed by atoms with van der Waals surface area (Å²) >= 11 is 0. The van der Waals surface area contributed by atoms with Gasteiger partial charge in [-0.15, -0.1) is 0 Å². The number of hydrogen-bond acceptors (Lipinski definition) is 4. The molecule has 1 aliphatic heterocycles. The Labute approximate surface area is 103 Å². The maximum absolute atomic E-state index is 11.8. The van der Waals surface area contributed by atoms with Crippen molar-refractivity contribution in [1.29, 1.82) is 0 Å². The van der Waals surface area contributed by atoms with Gasteiger partial charge in [0.1, 0.15) is 0 Å². The molecular formula is C12H24N2O3. The van der Waals surface area contributed by atoms with Gasteiger partial charge in [0.15, 0.2) is 0 Å². The van der Waals surface area contributed by atoms with Crippen LogP contribution in [0, 0.1) is 0 Å². The number of ether oxygens (including phenoxy) is 1. The zero-order chi connectivity index (χ0) is 12.7. The van der Waals surface area contributed by atoms with Crippen LogP contribution in [-0.2, 0) is 9.53 Å². The molecule has 1 heterocycles. The number of aliphatic hydroxyl groups is 1. The Bertz CT molecular complexity index is 236. The van der Waals surface area contributed by atoms with Gasteiger partial charge < -0.3 is 15.2 Å². The molecule has 1 fully saturated rings. The van der Waals surface area contributed by atoms with E-state index in [1.165, 1.54) is 0 Å². The van der Waals surface area contributed by atoms with Crippen LogP contribution >= 0.6 is 0 Å². The maximum atomic E-state index is 11.8. The second kappa shape index (κ2) is 7.63. The molecule has 0 aromatic rings. The Morgan fingerprint density at radius 2 is 2.41 bits per heavy atom. The molecule has 0 bridgehead atoms. The Morgan fingerprint density at radius 3 is 3.00 bits per heavy atom. The summed E-state index contributed by atoms with van der Waals surface area (Å²) < 4.78 is 5.19. The van der Waals surface area contributed by atoms with Crippen LogP contribution in [0.4, 0.5) is 0 Å². The summed E-state index contributed by atoms with van der Waals surface area (Å²) in [6, 6.07) is -0.153. The second-order valence-corrected chi connectivity index (χ2v) is 4.45. The summed E-state index contributed by atoms with van der Waals surface area (Å²) in [6.07, 6.45) is 1.33.